The number of hydrogen-bond donors (Lipinski definition) is 7. The number of rotatable bonds is 17. The molecule has 0 fully saturated rings. The summed E-state index contributed by atoms with van der Waals surface area (Å²) < 4.78 is 96.1. The first-order valence-electron chi connectivity index (χ1n) is 38.8. The van der Waals surface area contributed by atoms with Gasteiger partial charge < -0.3 is 57.4 Å². The summed E-state index contributed by atoms with van der Waals surface area (Å²) in [7, 11) is 7.01. The molecule has 11 aromatic heterocycles. The van der Waals surface area contributed by atoms with Gasteiger partial charge in [-0.05, 0) is 145 Å². The van der Waals surface area contributed by atoms with Crippen molar-refractivity contribution in [1.82, 2.24) is 99.7 Å². The molecule has 622 valence electrons. The van der Waals surface area contributed by atoms with Gasteiger partial charge in [-0.3, -0.25) is 4.98 Å². The maximum atomic E-state index is 15.3. The second kappa shape index (κ2) is 34.5. The van der Waals surface area contributed by atoms with Gasteiger partial charge in [-0.15, -0.1) is 0 Å². The van der Waals surface area contributed by atoms with Crippen LogP contribution in [-0.2, 0) is 32.2 Å². The van der Waals surface area contributed by atoms with E-state index in [0.717, 1.165) is 67.0 Å². The highest BCUT2D eigenvalue weighted by Gasteiger charge is 2.35. The van der Waals surface area contributed by atoms with E-state index in [1.807, 2.05) is 6.07 Å². The molecular formula is C89H72F5N27O4. The van der Waals surface area contributed by atoms with Crippen LogP contribution < -0.4 is 57.4 Å². The Kier molecular flexibility index (Phi) is 22.4. The van der Waals surface area contributed by atoms with E-state index < -0.39 is 11.6 Å². The number of fused-ring (bicyclic) bond motifs is 12. The van der Waals surface area contributed by atoms with Crippen LogP contribution in [0.5, 0.6) is 47.0 Å². The third kappa shape index (κ3) is 16.7. The summed E-state index contributed by atoms with van der Waals surface area (Å²) in [5.41, 5.74) is 37.8. The monoisotopic (exact) mass is 1680 g/mol. The highest BCUT2D eigenvalue weighted by atomic mass is 19.1. The molecule has 20 rings (SSSR count). The molecule has 0 amide bonds. The van der Waals surface area contributed by atoms with E-state index in [1.165, 1.54) is 67.3 Å². The molecule has 11 heterocycles. The van der Waals surface area contributed by atoms with Gasteiger partial charge in [0.2, 0.25) is 0 Å². The smallest absolute Gasteiger partial charge is 0.322 e. The summed E-state index contributed by atoms with van der Waals surface area (Å²) in [6, 6.07) is 22.5. The third-order valence-electron chi connectivity index (χ3n) is 20.6. The molecule has 0 radical (unpaired) electrons. The Morgan fingerprint density at radius 2 is 0.672 bits per heavy atom. The number of aryl methyl sites for hydroxylation is 4. The zero-order valence-electron chi connectivity index (χ0n) is 67.9. The highest BCUT2D eigenvalue weighted by Crippen LogP contribution is 2.51. The number of nitrogens with zero attached hydrogens (tertiary/aromatic N) is 20. The summed E-state index contributed by atoms with van der Waals surface area (Å²) in [6.07, 6.45) is 23.9. The van der Waals surface area contributed by atoms with Gasteiger partial charge in [0.05, 0.1) is 101 Å². The van der Waals surface area contributed by atoms with Crippen molar-refractivity contribution in [3.05, 3.63) is 275 Å². The average molecular weight is 1680 g/mol. The topological polar surface area (TPSA) is 421 Å². The van der Waals surface area contributed by atoms with Gasteiger partial charge >= 0.3 is 24.0 Å². The molecule has 10 N–H and O–H groups in total. The van der Waals surface area contributed by atoms with E-state index in [9.17, 15) is 17.6 Å². The second-order valence-corrected chi connectivity index (χ2v) is 28.7. The fourth-order valence-corrected chi connectivity index (χ4v) is 15.0. The summed E-state index contributed by atoms with van der Waals surface area (Å²) in [5.74, 6) is 2.48. The zero-order valence-corrected chi connectivity index (χ0v) is 67.9. The van der Waals surface area contributed by atoms with Crippen LogP contribution >= 0.6 is 0 Å². The van der Waals surface area contributed by atoms with Crippen LogP contribution in [0.4, 0.5) is 56.2 Å². The van der Waals surface area contributed by atoms with E-state index in [4.69, 9.17) is 36.1 Å². The summed E-state index contributed by atoms with van der Waals surface area (Å²) >= 11 is 0. The van der Waals surface area contributed by atoms with Gasteiger partial charge in [-0.25, -0.2) is 76.8 Å². The highest BCUT2D eigenvalue weighted by molar-refractivity contribution is 5.95. The minimum absolute atomic E-state index is 0.0213. The van der Waals surface area contributed by atoms with Crippen LogP contribution in [-0.4, -0.2) is 128 Å². The van der Waals surface area contributed by atoms with Crippen LogP contribution in [0.15, 0.2) is 172 Å². The lowest BCUT2D eigenvalue weighted by Crippen LogP contribution is -2.04. The molecule has 0 saturated carbocycles. The third-order valence-corrected chi connectivity index (χ3v) is 20.6. The molecule has 0 aliphatic heterocycles. The molecule has 0 bridgehead atoms. The van der Waals surface area contributed by atoms with Crippen molar-refractivity contribution in [3.63, 3.8) is 0 Å². The van der Waals surface area contributed by atoms with Crippen LogP contribution in [0.1, 0.15) is 73.9 Å². The molecule has 0 unspecified atom stereocenters. The van der Waals surface area contributed by atoms with Gasteiger partial charge in [0.1, 0.15) is 64.5 Å². The van der Waals surface area contributed by atoms with Crippen molar-refractivity contribution in [3.8, 4) is 137 Å². The number of pyridine rings is 2. The number of halogens is 5. The zero-order chi connectivity index (χ0) is 86.8. The second-order valence-electron chi connectivity index (χ2n) is 28.7. The summed E-state index contributed by atoms with van der Waals surface area (Å²) in [4.78, 5) is 86.4. The lowest BCUT2D eigenvalue weighted by Gasteiger charge is -2.14. The SMILES string of the molecule is CNc1cc(F)cc2c1Cc1nc(Oc3cnc(C)nc3)nc(-c3cccc(CN)c3F)c1-2.CNc1cc(F)cc2c1Cc1nc(Oc3cnc(C)nc3)nc(-c3cccnc3N)c1-2.CNc1cc(F)cc2c1Cc1nc(Oc3cnc(C)nc3)nc(-c3cncc(N)c3)c1-2.CNc1cc(F)cc2c1Cc1nc(Oc3cnc(C)nc3)nc(-c3cncnc3)c1-2. The van der Waals surface area contributed by atoms with Crippen molar-refractivity contribution in [2.45, 2.75) is 59.9 Å². The van der Waals surface area contributed by atoms with Crippen molar-refractivity contribution >= 4 is 34.3 Å². The van der Waals surface area contributed by atoms with Crippen LogP contribution in [0.3, 0.4) is 0 Å². The average Bonchev–Trinajstić information content (AvgIpc) is 1.62. The predicted molar refractivity (Wildman–Crippen MR) is 456 cm³/mol. The lowest BCUT2D eigenvalue weighted by molar-refractivity contribution is 0.436. The Morgan fingerprint density at radius 3 is 1.02 bits per heavy atom. The summed E-state index contributed by atoms with van der Waals surface area (Å²) in [6.45, 7) is 7.16. The minimum Gasteiger partial charge on any atom is -0.421 e. The Balaban J connectivity index is 0.000000118. The first-order valence-corrected chi connectivity index (χ1v) is 38.8. The number of ether oxygens (including phenoxy) is 4. The van der Waals surface area contributed by atoms with Crippen LogP contribution in [0.25, 0.3) is 89.5 Å². The molecule has 5 aromatic carbocycles. The number of anilines is 6. The van der Waals surface area contributed by atoms with Gasteiger partial charge in [-0.1, -0.05) is 12.1 Å². The maximum Gasteiger partial charge on any atom is 0.322 e. The van der Waals surface area contributed by atoms with Gasteiger partial charge in [0.15, 0.2) is 23.0 Å². The molecule has 36 heteroatoms. The van der Waals surface area contributed by atoms with E-state index in [1.54, 1.807) is 154 Å². The minimum atomic E-state index is -0.482. The molecule has 0 atom stereocenters. The predicted octanol–water partition coefficient (Wildman–Crippen LogP) is 15.5. The van der Waals surface area contributed by atoms with E-state index in [-0.39, 0.29) is 53.6 Å². The standard InChI is InChI=1S/C24H20F2N6O.2C22H18FN7O.C21H16FN7O/c1-12-29-10-15(11-30-12)33-24-31-20-8-17-18(6-14(25)7-19(17)28-2)21(20)23(32-24)16-5-3-4-13(9-27)22(16)26;1-11-27-9-15(10-28-11)31-22-29-19-6-16-17(4-13(23)5-18(16)25-2)20(19)21(30-22)12-3-14(24)8-26-7-12;1-11-27-9-13(10-28-11)31-22-29-18-8-15-16(6-12(23)7-17(15)25-2)19(18)20(30-22)14-4-3-5-26-21(14)24;1-11-26-8-14(9-27-11)30-21-28-18-5-15-16(3-13(22)4-17(15)23-2)19(18)20(29-21)12-6-24-10-25-7-12/h3-7,10-11,28H,8-9,27H2,1-2H3;3-5,7-10,25H,6,24H2,1-2H3;3-7,9-10,25H,8H2,1-2H3,(H2,24,26);3-4,6-10,23H,5H2,1-2H3. The van der Waals surface area contributed by atoms with Crippen LogP contribution in [0.2, 0.25) is 0 Å². The quantitative estimate of drug-likeness (QED) is 0.0416. The number of nitrogens with two attached hydrogens (primary N) is 3. The molecule has 4 aliphatic carbocycles. The van der Waals surface area contributed by atoms with Gasteiger partial charge in [0, 0.05) is 164 Å². The maximum absolute atomic E-state index is 15.3. The molecule has 16 aromatic rings. The van der Waals surface area contributed by atoms with Crippen molar-refractivity contribution in [2.24, 2.45) is 5.73 Å². The largest absolute Gasteiger partial charge is 0.421 e. The van der Waals surface area contributed by atoms with E-state index in [2.05, 4.69) is 121 Å². The molecule has 0 spiro atoms. The molecule has 0 saturated heterocycles. The summed E-state index contributed by atoms with van der Waals surface area (Å²) in [5, 5.41) is 12.2. The Labute approximate surface area is 709 Å². The molecule has 125 heavy (non-hydrogen) atoms. The van der Waals surface area contributed by atoms with E-state index in [0.29, 0.717) is 174 Å². The normalized spacial score (nSPS) is 11.7. The van der Waals surface area contributed by atoms with Gasteiger partial charge in [0.25, 0.3) is 0 Å². The Morgan fingerprint density at radius 1 is 0.344 bits per heavy atom. The number of aromatic nitrogens is 20. The van der Waals surface area contributed by atoms with E-state index >= 15 is 4.39 Å². The molecule has 4 aliphatic rings. The Hall–Kier alpha value is -16.3. The molecular weight excluding hydrogens is 1610 g/mol. The van der Waals surface area contributed by atoms with Crippen LogP contribution in [0, 0.1) is 56.8 Å². The van der Waals surface area contributed by atoms with Crippen molar-refractivity contribution in [2.75, 3.05) is 60.9 Å². The molecule has 31 nitrogen and oxygen atoms in total. The lowest BCUT2D eigenvalue weighted by atomic mass is 9.98. The first kappa shape index (κ1) is 81.1. The number of nitrogens with one attached hydrogen (secondary N) is 4. The first-order chi connectivity index (χ1) is 60.6. The number of hydrogen-bond acceptors (Lipinski definition) is 31. The van der Waals surface area contributed by atoms with Gasteiger partial charge in [-0.2, -0.15) is 39.9 Å². The fraction of sp³-hybridized carbons (Fsp3) is 0.146. The Bertz CT molecular complexity index is 6870. The number of benzene rings is 5. The fourth-order valence-electron chi connectivity index (χ4n) is 15.0. The van der Waals surface area contributed by atoms with Crippen molar-refractivity contribution < 1.29 is 40.9 Å². The number of nitrogen functional groups attached to an aromatic ring is 2. The van der Waals surface area contributed by atoms with Crippen molar-refractivity contribution in [1.29, 1.82) is 0 Å².